The molecule has 3 aromatic rings. The van der Waals surface area contributed by atoms with E-state index in [0.717, 1.165) is 52.3 Å². The molecule has 2 aliphatic heterocycles. The fourth-order valence-corrected chi connectivity index (χ4v) is 3.68. The van der Waals surface area contributed by atoms with E-state index in [4.69, 9.17) is 4.99 Å². The van der Waals surface area contributed by atoms with Crippen molar-refractivity contribution in [1.29, 1.82) is 0 Å². The van der Waals surface area contributed by atoms with E-state index < -0.39 is 0 Å². The van der Waals surface area contributed by atoms with Gasteiger partial charge in [-0.1, -0.05) is 30.9 Å². The number of H-pyrrole nitrogens is 1. The first kappa shape index (κ1) is 17.3. The van der Waals surface area contributed by atoms with Crippen molar-refractivity contribution in [3.05, 3.63) is 84.5 Å². The van der Waals surface area contributed by atoms with Crippen LogP contribution in [0.4, 0.5) is 11.4 Å². The van der Waals surface area contributed by atoms with Gasteiger partial charge in [-0.25, -0.2) is 4.99 Å². The Hall–Kier alpha value is -3.80. The monoisotopic (exact) mass is 382 g/mol. The molecule has 0 bridgehead atoms. The van der Waals surface area contributed by atoms with Crippen molar-refractivity contribution >= 4 is 33.8 Å². The first-order chi connectivity index (χ1) is 14.2. The van der Waals surface area contributed by atoms with E-state index in [9.17, 15) is 0 Å². The summed E-state index contributed by atoms with van der Waals surface area (Å²) >= 11 is 0. The molecular weight excluding hydrogens is 360 g/mol. The summed E-state index contributed by atoms with van der Waals surface area (Å²) in [5, 5.41) is 15.1. The van der Waals surface area contributed by atoms with Crippen LogP contribution in [0, 0.1) is 0 Å². The molecule has 0 spiro atoms. The Labute approximate surface area is 169 Å². The zero-order valence-electron chi connectivity index (χ0n) is 16.2. The average molecular weight is 382 g/mol. The standard InChI is InChI=1S/C23H22N6/c1-3-10-29-14-22(17-4-5-18-13-25-28-21(18)11-17)27-23(15(29)2)26-19-7-6-16-8-9-24-20(16)12-19/h3-7,10-14,24H,2,8-9H2,1H3,(H,25,28)(H,26,27)/b10-3-. The van der Waals surface area contributed by atoms with E-state index in [-0.39, 0.29) is 0 Å². The Morgan fingerprint density at radius 2 is 2.14 bits per heavy atom. The number of nitrogens with zero attached hydrogens (tertiary/aromatic N) is 3. The lowest BCUT2D eigenvalue weighted by atomic mass is 10.1. The Morgan fingerprint density at radius 3 is 3.03 bits per heavy atom. The first-order valence-corrected chi connectivity index (χ1v) is 9.69. The van der Waals surface area contributed by atoms with E-state index >= 15 is 0 Å². The third-order valence-electron chi connectivity index (χ3n) is 5.21. The topological polar surface area (TPSA) is 68.3 Å². The van der Waals surface area contributed by atoms with Crippen LogP contribution in [0.15, 0.2) is 78.3 Å². The van der Waals surface area contributed by atoms with Crippen molar-refractivity contribution in [2.45, 2.75) is 13.3 Å². The van der Waals surface area contributed by atoms with E-state index in [0.29, 0.717) is 0 Å². The molecule has 3 N–H and O–H groups in total. The van der Waals surface area contributed by atoms with E-state index in [2.05, 4.69) is 57.7 Å². The predicted octanol–water partition coefficient (Wildman–Crippen LogP) is 4.70. The summed E-state index contributed by atoms with van der Waals surface area (Å²) in [6.45, 7) is 7.22. The van der Waals surface area contributed by atoms with Crippen LogP contribution in [0.25, 0.3) is 16.6 Å². The number of aromatic amines is 1. The highest BCUT2D eigenvalue weighted by Gasteiger charge is 2.19. The van der Waals surface area contributed by atoms with Crippen LogP contribution < -0.4 is 10.6 Å². The minimum Gasteiger partial charge on any atom is -0.384 e. The second kappa shape index (κ2) is 6.98. The lowest BCUT2D eigenvalue weighted by Gasteiger charge is -2.26. The van der Waals surface area contributed by atoms with E-state index in [1.54, 1.807) is 0 Å². The maximum Gasteiger partial charge on any atom is 0.154 e. The fraction of sp³-hybridized carbons (Fsp3) is 0.130. The van der Waals surface area contributed by atoms with Gasteiger partial charge >= 0.3 is 0 Å². The maximum absolute atomic E-state index is 4.88. The largest absolute Gasteiger partial charge is 0.384 e. The number of aliphatic imine (C=N–C) groups is 1. The molecule has 0 radical (unpaired) electrons. The molecule has 0 atom stereocenters. The molecule has 2 aromatic carbocycles. The zero-order chi connectivity index (χ0) is 19.8. The summed E-state index contributed by atoms with van der Waals surface area (Å²) in [5.41, 5.74) is 7.17. The molecule has 0 unspecified atom stereocenters. The quantitative estimate of drug-likeness (QED) is 0.614. The highest BCUT2D eigenvalue weighted by atomic mass is 15.2. The number of rotatable bonds is 3. The number of amidine groups is 1. The van der Waals surface area contributed by atoms with Gasteiger partial charge in [0, 0.05) is 41.3 Å². The number of nitrogens with one attached hydrogen (secondary N) is 3. The summed E-state index contributed by atoms with van der Waals surface area (Å²) in [6, 6.07) is 12.6. The number of benzene rings is 2. The molecule has 0 amide bonds. The summed E-state index contributed by atoms with van der Waals surface area (Å²) in [6.07, 6.45) is 8.86. The van der Waals surface area contributed by atoms with E-state index in [1.165, 1.54) is 11.3 Å². The fourth-order valence-electron chi connectivity index (χ4n) is 3.68. The van der Waals surface area contributed by atoms with Crippen LogP contribution >= 0.6 is 0 Å². The van der Waals surface area contributed by atoms with Crippen molar-refractivity contribution in [3.8, 4) is 0 Å². The smallest absolute Gasteiger partial charge is 0.154 e. The van der Waals surface area contributed by atoms with Crippen LogP contribution in [0.2, 0.25) is 0 Å². The van der Waals surface area contributed by atoms with Gasteiger partial charge in [0.05, 0.1) is 23.1 Å². The number of aromatic nitrogens is 2. The van der Waals surface area contributed by atoms with Gasteiger partial charge in [-0.05, 0) is 37.1 Å². The Kier molecular flexibility index (Phi) is 4.17. The van der Waals surface area contributed by atoms with Crippen molar-refractivity contribution in [2.24, 2.45) is 4.99 Å². The molecule has 1 aromatic heterocycles. The normalized spacial score (nSPS) is 16.0. The molecular formula is C23H22N6. The van der Waals surface area contributed by atoms with Crippen molar-refractivity contribution in [1.82, 2.24) is 15.1 Å². The van der Waals surface area contributed by atoms with E-state index in [1.807, 2.05) is 42.6 Å². The Bertz CT molecular complexity index is 1200. The third kappa shape index (κ3) is 3.18. The number of hydrogen-bond donors (Lipinski definition) is 3. The summed E-state index contributed by atoms with van der Waals surface area (Å²) in [7, 11) is 0. The van der Waals surface area contributed by atoms with Crippen molar-refractivity contribution in [3.63, 3.8) is 0 Å². The van der Waals surface area contributed by atoms with Gasteiger partial charge in [0.15, 0.2) is 5.84 Å². The number of hydrogen-bond acceptors (Lipinski definition) is 5. The zero-order valence-corrected chi connectivity index (χ0v) is 16.2. The van der Waals surface area contributed by atoms with Gasteiger partial charge in [-0.2, -0.15) is 5.10 Å². The number of anilines is 2. The Balaban J connectivity index is 1.52. The lowest BCUT2D eigenvalue weighted by molar-refractivity contribution is 0.658. The summed E-state index contributed by atoms with van der Waals surface area (Å²) < 4.78 is 0. The summed E-state index contributed by atoms with van der Waals surface area (Å²) in [5.74, 6) is 0.725. The molecule has 144 valence electrons. The van der Waals surface area contributed by atoms with Gasteiger partial charge in [0.1, 0.15) is 0 Å². The van der Waals surface area contributed by atoms with Gasteiger partial charge < -0.3 is 15.5 Å². The van der Waals surface area contributed by atoms with Crippen LogP contribution in [0.1, 0.15) is 18.1 Å². The molecule has 0 saturated heterocycles. The van der Waals surface area contributed by atoms with Crippen LogP contribution in [0.5, 0.6) is 0 Å². The van der Waals surface area contributed by atoms with Gasteiger partial charge in [0.25, 0.3) is 0 Å². The van der Waals surface area contributed by atoms with Crippen LogP contribution in [-0.4, -0.2) is 27.5 Å². The SMILES string of the molecule is C=C1C(Nc2ccc3c(c2)NCC3)=NC(c2ccc3cn[nH]c3c2)=CN1/C=C\C. The molecule has 0 fully saturated rings. The highest BCUT2D eigenvalue weighted by molar-refractivity contribution is 6.11. The molecule has 2 aliphatic rings. The lowest BCUT2D eigenvalue weighted by Crippen LogP contribution is -2.26. The molecule has 5 rings (SSSR count). The number of allylic oxidation sites excluding steroid dienone is 1. The number of fused-ring (bicyclic) bond motifs is 2. The van der Waals surface area contributed by atoms with Crippen molar-refractivity contribution in [2.75, 3.05) is 17.2 Å². The second-order valence-corrected chi connectivity index (χ2v) is 7.16. The minimum absolute atomic E-state index is 0.725. The minimum atomic E-state index is 0.725. The average Bonchev–Trinajstić information content (AvgIpc) is 3.39. The van der Waals surface area contributed by atoms with Crippen molar-refractivity contribution < 1.29 is 0 Å². The Morgan fingerprint density at radius 1 is 1.21 bits per heavy atom. The van der Waals surface area contributed by atoms with Gasteiger partial charge in [0.2, 0.25) is 0 Å². The van der Waals surface area contributed by atoms with Gasteiger partial charge in [-0.3, -0.25) is 5.10 Å². The molecule has 6 nitrogen and oxygen atoms in total. The maximum atomic E-state index is 4.88. The molecule has 0 aliphatic carbocycles. The first-order valence-electron chi connectivity index (χ1n) is 9.69. The molecule has 3 heterocycles. The third-order valence-corrected chi connectivity index (χ3v) is 5.21. The predicted molar refractivity (Wildman–Crippen MR) is 120 cm³/mol. The molecule has 29 heavy (non-hydrogen) atoms. The van der Waals surface area contributed by atoms with Crippen LogP contribution in [0.3, 0.4) is 0 Å². The molecule has 0 saturated carbocycles. The van der Waals surface area contributed by atoms with Crippen LogP contribution in [-0.2, 0) is 6.42 Å². The highest BCUT2D eigenvalue weighted by Crippen LogP contribution is 2.29. The van der Waals surface area contributed by atoms with Gasteiger partial charge in [-0.15, -0.1) is 0 Å². The summed E-state index contributed by atoms with van der Waals surface area (Å²) in [4.78, 5) is 6.88. The molecule has 6 heteroatoms. The second-order valence-electron chi connectivity index (χ2n) is 7.16.